The summed E-state index contributed by atoms with van der Waals surface area (Å²) in [6.45, 7) is 0. The first-order valence-corrected chi connectivity index (χ1v) is 5.41. The van der Waals surface area contributed by atoms with Gasteiger partial charge in [-0.05, 0) is 23.6 Å². The van der Waals surface area contributed by atoms with Crippen LogP contribution in [0.15, 0.2) is 60.7 Å². The Morgan fingerprint density at radius 2 is 1.56 bits per heavy atom. The van der Waals surface area contributed by atoms with Gasteiger partial charge >= 0.3 is 0 Å². The molecular weight excluding hydrogens is 194 g/mol. The second-order valence-electron chi connectivity index (χ2n) is 3.72. The molecular formula is C15H15N. The Bertz CT molecular complexity index is 472. The van der Waals surface area contributed by atoms with Crippen molar-refractivity contribution in [3.8, 4) is 0 Å². The first-order valence-electron chi connectivity index (χ1n) is 5.41. The van der Waals surface area contributed by atoms with Crippen molar-refractivity contribution in [1.29, 1.82) is 0 Å². The van der Waals surface area contributed by atoms with Gasteiger partial charge in [-0.15, -0.1) is 0 Å². The van der Waals surface area contributed by atoms with Crippen LogP contribution < -0.4 is 5.73 Å². The summed E-state index contributed by atoms with van der Waals surface area (Å²) in [5, 5.41) is 0. The van der Waals surface area contributed by atoms with Gasteiger partial charge in [0.1, 0.15) is 0 Å². The molecule has 0 amide bonds. The molecule has 80 valence electrons. The number of nitrogens with two attached hydrogens (primary N) is 1. The Hall–Kier alpha value is -2.02. The van der Waals surface area contributed by atoms with Gasteiger partial charge in [-0.3, -0.25) is 0 Å². The molecule has 0 spiro atoms. The molecule has 0 radical (unpaired) electrons. The van der Waals surface area contributed by atoms with Crippen LogP contribution in [0.1, 0.15) is 11.1 Å². The molecule has 0 aliphatic rings. The first-order chi connectivity index (χ1) is 7.86. The lowest BCUT2D eigenvalue weighted by molar-refractivity contribution is 1.28. The maximum absolute atomic E-state index is 5.87. The van der Waals surface area contributed by atoms with Crippen LogP contribution in [0.3, 0.4) is 0 Å². The van der Waals surface area contributed by atoms with Gasteiger partial charge in [0.2, 0.25) is 0 Å². The number of para-hydroxylation sites is 1. The number of anilines is 1. The van der Waals surface area contributed by atoms with E-state index in [1.807, 2.05) is 36.4 Å². The van der Waals surface area contributed by atoms with E-state index in [2.05, 4.69) is 30.4 Å². The lowest BCUT2D eigenvalue weighted by Crippen LogP contribution is -1.91. The summed E-state index contributed by atoms with van der Waals surface area (Å²) >= 11 is 0. The quantitative estimate of drug-likeness (QED) is 0.769. The van der Waals surface area contributed by atoms with Crippen LogP contribution in [0.4, 0.5) is 5.69 Å². The van der Waals surface area contributed by atoms with Crippen molar-refractivity contribution in [2.24, 2.45) is 0 Å². The van der Waals surface area contributed by atoms with Crippen molar-refractivity contribution in [1.82, 2.24) is 0 Å². The number of allylic oxidation sites excluding steroid dienone is 1. The van der Waals surface area contributed by atoms with E-state index in [9.17, 15) is 0 Å². The Morgan fingerprint density at radius 3 is 2.31 bits per heavy atom. The minimum absolute atomic E-state index is 0.861. The van der Waals surface area contributed by atoms with E-state index < -0.39 is 0 Å². The minimum Gasteiger partial charge on any atom is -0.398 e. The van der Waals surface area contributed by atoms with Crippen molar-refractivity contribution in [2.45, 2.75) is 6.42 Å². The largest absolute Gasteiger partial charge is 0.398 e. The van der Waals surface area contributed by atoms with Gasteiger partial charge in [0.15, 0.2) is 0 Å². The lowest BCUT2D eigenvalue weighted by atomic mass is 10.1. The van der Waals surface area contributed by atoms with Gasteiger partial charge in [-0.25, -0.2) is 0 Å². The average molecular weight is 209 g/mol. The summed E-state index contributed by atoms with van der Waals surface area (Å²) < 4.78 is 0. The Morgan fingerprint density at radius 1 is 0.875 bits per heavy atom. The van der Waals surface area contributed by atoms with Gasteiger partial charge in [0.25, 0.3) is 0 Å². The van der Waals surface area contributed by atoms with Crippen LogP contribution in [-0.2, 0) is 6.42 Å². The predicted octanol–water partition coefficient (Wildman–Crippen LogP) is 3.52. The summed E-state index contributed by atoms with van der Waals surface area (Å²) in [6.07, 6.45) is 5.13. The lowest BCUT2D eigenvalue weighted by Gasteiger charge is -2.00. The van der Waals surface area contributed by atoms with Gasteiger partial charge in [0, 0.05) is 5.69 Å². The van der Waals surface area contributed by atoms with Crippen molar-refractivity contribution >= 4 is 11.8 Å². The smallest absolute Gasteiger partial charge is 0.0349 e. The fraction of sp³-hybridized carbons (Fsp3) is 0.0667. The second-order valence-corrected chi connectivity index (χ2v) is 3.72. The third-order valence-electron chi connectivity index (χ3n) is 2.50. The molecule has 1 heteroatoms. The van der Waals surface area contributed by atoms with Gasteiger partial charge in [-0.1, -0.05) is 60.7 Å². The molecule has 2 N–H and O–H groups in total. The van der Waals surface area contributed by atoms with E-state index in [1.165, 1.54) is 11.1 Å². The predicted molar refractivity (Wildman–Crippen MR) is 70.0 cm³/mol. The van der Waals surface area contributed by atoms with Crippen LogP contribution in [0.25, 0.3) is 6.08 Å². The van der Waals surface area contributed by atoms with E-state index in [-0.39, 0.29) is 0 Å². The van der Waals surface area contributed by atoms with E-state index in [4.69, 9.17) is 5.73 Å². The number of hydrogen-bond donors (Lipinski definition) is 1. The van der Waals surface area contributed by atoms with Crippen LogP contribution in [0.5, 0.6) is 0 Å². The zero-order valence-electron chi connectivity index (χ0n) is 9.14. The fourth-order valence-corrected chi connectivity index (χ4v) is 1.61. The fourth-order valence-electron chi connectivity index (χ4n) is 1.61. The summed E-state index contributed by atoms with van der Waals surface area (Å²) in [7, 11) is 0. The van der Waals surface area contributed by atoms with E-state index in [0.29, 0.717) is 0 Å². The first kappa shape index (κ1) is 10.5. The molecule has 2 aromatic carbocycles. The number of hydrogen-bond acceptors (Lipinski definition) is 1. The Labute approximate surface area is 96.2 Å². The van der Waals surface area contributed by atoms with E-state index in [1.54, 1.807) is 0 Å². The molecule has 2 aromatic rings. The maximum Gasteiger partial charge on any atom is 0.0349 e. The standard InChI is InChI=1S/C15H15N/c16-15-12-5-4-10-14(15)11-6-9-13-7-2-1-3-8-13/h1-10,12H,11,16H2/b9-6+. The molecule has 0 unspecified atom stereocenters. The molecule has 1 nitrogen and oxygen atoms in total. The SMILES string of the molecule is Nc1ccccc1C/C=C/c1ccccc1. The van der Waals surface area contributed by atoms with Gasteiger partial charge in [0.05, 0.1) is 0 Å². The zero-order chi connectivity index (χ0) is 11.2. The number of rotatable bonds is 3. The third-order valence-corrected chi connectivity index (χ3v) is 2.50. The van der Waals surface area contributed by atoms with Crippen LogP contribution in [0.2, 0.25) is 0 Å². The van der Waals surface area contributed by atoms with Crippen molar-refractivity contribution in [3.05, 3.63) is 71.8 Å². The molecule has 0 aliphatic carbocycles. The van der Waals surface area contributed by atoms with Gasteiger partial charge < -0.3 is 5.73 Å². The summed E-state index contributed by atoms with van der Waals surface area (Å²) in [5.74, 6) is 0. The minimum atomic E-state index is 0.861. The molecule has 2 rings (SSSR count). The number of nitrogen functional groups attached to an aromatic ring is 1. The summed E-state index contributed by atoms with van der Waals surface area (Å²) in [4.78, 5) is 0. The molecule has 0 saturated heterocycles. The molecule has 16 heavy (non-hydrogen) atoms. The monoisotopic (exact) mass is 209 g/mol. The second kappa shape index (κ2) is 5.17. The normalized spacial score (nSPS) is 10.8. The molecule has 0 atom stereocenters. The van der Waals surface area contributed by atoms with E-state index in [0.717, 1.165) is 12.1 Å². The molecule has 0 fully saturated rings. The highest BCUT2D eigenvalue weighted by atomic mass is 14.5. The highest BCUT2D eigenvalue weighted by Gasteiger charge is 1.93. The third kappa shape index (κ3) is 2.74. The molecule has 0 heterocycles. The topological polar surface area (TPSA) is 26.0 Å². The Kier molecular flexibility index (Phi) is 3.39. The van der Waals surface area contributed by atoms with Gasteiger partial charge in [-0.2, -0.15) is 0 Å². The van der Waals surface area contributed by atoms with Crippen LogP contribution in [0, 0.1) is 0 Å². The Balaban J connectivity index is 2.03. The van der Waals surface area contributed by atoms with Crippen molar-refractivity contribution in [2.75, 3.05) is 5.73 Å². The van der Waals surface area contributed by atoms with Crippen molar-refractivity contribution in [3.63, 3.8) is 0 Å². The van der Waals surface area contributed by atoms with Crippen LogP contribution >= 0.6 is 0 Å². The van der Waals surface area contributed by atoms with Crippen molar-refractivity contribution < 1.29 is 0 Å². The summed E-state index contributed by atoms with van der Waals surface area (Å²) in [6, 6.07) is 18.2. The summed E-state index contributed by atoms with van der Waals surface area (Å²) in [5.41, 5.74) is 9.12. The molecule has 0 aromatic heterocycles. The maximum atomic E-state index is 5.87. The molecule has 0 aliphatic heterocycles. The number of benzene rings is 2. The molecule has 0 bridgehead atoms. The van der Waals surface area contributed by atoms with Crippen LogP contribution in [-0.4, -0.2) is 0 Å². The molecule has 0 saturated carbocycles. The highest BCUT2D eigenvalue weighted by Crippen LogP contribution is 2.12. The highest BCUT2D eigenvalue weighted by molar-refractivity contribution is 5.52. The average Bonchev–Trinajstić information content (AvgIpc) is 2.33. The van der Waals surface area contributed by atoms with E-state index >= 15 is 0 Å². The zero-order valence-corrected chi connectivity index (χ0v) is 9.14.